The van der Waals surface area contributed by atoms with Gasteiger partial charge in [-0.3, -0.25) is 0 Å². The van der Waals surface area contributed by atoms with Gasteiger partial charge >= 0.3 is 5.97 Å². The fourth-order valence-electron chi connectivity index (χ4n) is 4.32. The number of esters is 1. The summed E-state index contributed by atoms with van der Waals surface area (Å²) in [5.74, 6) is -0.243. The average molecular weight is 382 g/mol. The summed E-state index contributed by atoms with van der Waals surface area (Å²) in [7, 11) is 3.04. The SMILES string of the molecule is COC(=O)C1=CO[C@@H](OC)C2C(CNCCc3c[nH]c4ccccc34)=CCC12. The second-order valence-corrected chi connectivity index (χ2v) is 7.24. The molecule has 2 N–H and O–H groups in total. The van der Waals surface area contributed by atoms with E-state index in [9.17, 15) is 4.79 Å². The van der Waals surface area contributed by atoms with Crippen molar-refractivity contribution in [1.82, 2.24) is 10.3 Å². The van der Waals surface area contributed by atoms with E-state index in [-0.39, 0.29) is 24.1 Å². The van der Waals surface area contributed by atoms with Crippen LogP contribution < -0.4 is 5.32 Å². The topological polar surface area (TPSA) is 72.6 Å². The van der Waals surface area contributed by atoms with E-state index in [1.165, 1.54) is 35.4 Å². The Hall–Kier alpha value is -2.57. The quantitative estimate of drug-likeness (QED) is 0.438. The van der Waals surface area contributed by atoms with Gasteiger partial charge < -0.3 is 24.5 Å². The summed E-state index contributed by atoms with van der Waals surface area (Å²) in [6, 6.07) is 8.35. The highest BCUT2D eigenvalue weighted by Crippen LogP contribution is 2.43. The van der Waals surface area contributed by atoms with E-state index in [4.69, 9.17) is 14.2 Å². The number of methoxy groups -OCH3 is 2. The van der Waals surface area contributed by atoms with Crippen LogP contribution in [0.1, 0.15) is 12.0 Å². The molecule has 0 bridgehead atoms. The Kier molecular flexibility index (Phi) is 5.50. The van der Waals surface area contributed by atoms with Crippen molar-refractivity contribution in [3.05, 3.63) is 59.5 Å². The fourth-order valence-corrected chi connectivity index (χ4v) is 4.32. The van der Waals surface area contributed by atoms with Gasteiger partial charge in [0.1, 0.15) is 0 Å². The van der Waals surface area contributed by atoms with Crippen LogP contribution in [-0.2, 0) is 25.4 Å². The molecule has 2 aliphatic rings. The molecule has 6 heteroatoms. The van der Waals surface area contributed by atoms with Crippen molar-refractivity contribution in [3.63, 3.8) is 0 Å². The fraction of sp³-hybridized carbons (Fsp3) is 0.409. The Morgan fingerprint density at radius 1 is 1.32 bits per heavy atom. The number of benzene rings is 1. The molecule has 3 atom stereocenters. The second kappa shape index (κ2) is 8.20. The van der Waals surface area contributed by atoms with E-state index in [1.54, 1.807) is 7.11 Å². The molecule has 1 aromatic heterocycles. The average Bonchev–Trinajstić information content (AvgIpc) is 3.34. The first-order chi connectivity index (χ1) is 13.7. The summed E-state index contributed by atoms with van der Waals surface area (Å²) in [4.78, 5) is 15.4. The number of fused-ring (bicyclic) bond motifs is 2. The number of ether oxygens (including phenoxy) is 3. The summed E-state index contributed by atoms with van der Waals surface area (Å²) in [6.07, 6.45) is 7.16. The number of carbonyl (C=O) groups is 1. The summed E-state index contributed by atoms with van der Waals surface area (Å²) < 4.78 is 16.1. The third kappa shape index (κ3) is 3.45. The van der Waals surface area contributed by atoms with Crippen LogP contribution in [0, 0.1) is 11.8 Å². The molecule has 1 aliphatic carbocycles. The lowest BCUT2D eigenvalue weighted by Gasteiger charge is -2.34. The van der Waals surface area contributed by atoms with Crippen molar-refractivity contribution in [3.8, 4) is 0 Å². The molecule has 2 aromatic rings. The predicted molar refractivity (Wildman–Crippen MR) is 107 cm³/mol. The van der Waals surface area contributed by atoms with E-state index in [2.05, 4.69) is 40.8 Å². The van der Waals surface area contributed by atoms with Gasteiger partial charge in [0.2, 0.25) is 6.29 Å². The molecular formula is C22H26N2O4. The molecule has 0 saturated heterocycles. The molecule has 0 radical (unpaired) electrons. The van der Waals surface area contributed by atoms with Gasteiger partial charge in [-0.1, -0.05) is 29.8 Å². The van der Waals surface area contributed by atoms with Crippen LogP contribution in [0.15, 0.2) is 53.9 Å². The van der Waals surface area contributed by atoms with E-state index in [1.807, 2.05) is 6.07 Å². The first-order valence-corrected chi connectivity index (χ1v) is 9.64. The smallest absolute Gasteiger partial charge is 0.337 e. The van der Waals surface area contributed by atoms with Gasteiger partial charge in [-0.15, -0.1) is 0 Å². The molecule has 2 unspecified atom stereocenters. The van der Waals surface area contributed by atoms with Gasteiger partial charge in [-0.05, 0) is 31.0 Å². The van der Waals surface area contributed by atoms with Gasteiger partial charge in [0.15, 0.2) is 0 Å². The van der Waals surface area contributed by atoms with Crippen LogP contribution in [0.3, 0.4) is 0 Å². The third-order valence-corrected chi connectivity index (χ3v) is 5.75. The van der Waals surface area contributed by atoms with Crippen molar-refractivity contribution in [2.45, 2.75) is 19.1 Å². The largest absolute Gasteiger partial charge is 0.471 e. The Morgan fingerprint density at radius 3 is 3.00 bits per heavy atom. The summed E-state index contributed by atoms with van der Waals surface area (Å²) >= 11 is 0. The summed E-state index contributed by atoms with van der Waals surface area (Å²) in [6.45, 7) is 1.62. The monoisotopic (exact) mass is 382 g/mol. The molecule has 0 spiro atoms. The summed E-state index contributed by atoms with van der Waals surface area (Å²) in [5.41, 5.74) is 4.30. The molecule has 2 heterocycles. The molecule has 4 rings (SSSR count). The lowest BCUT2D eigenvalue weighted by atomic mass is 9.83. The van der Waals surface area contributed by atoms with Crippen molar-refractivity contribution in [2.24, 2.45) is 11.8 Å². The van der Waals surface area contributed by atoms with Gasteiger partial charge in [-0.2, -0.15) is 0 Å². The number of aromatic nitrogens is 1. The Bertz CT molecular complexity index is 914. The molecule has 0 amide bonds. The number of hydrogen-bond donors (Lipinski definition) is 2. The van der Waals surface area contributed by atoms with Gasteiger partial charge in [0.25, 0.3) is 0 Å². The number of H-pyrrole nitrogens is 1. The summed E-state index contributed by atoms with van der Waals surface area (Å²) in [5, 5.41) is 4.81. The maximum Gasteiger partial charge on any atom is 0.337 e. The van der Waals surface area contributed by atoms with Crippen LogP contribution >= 0.6 is 0 Å². The zero-order chi connectivity index (χ0) is 19.5. The van der Waals surface area contributed by atoms with Gasteiger partial charge in [-0.25, -0.2) is 4.79 Å². The van der Waals surface area contributed by atoms with Crippen LogP contribution in [0.5, 0.6) is 0 Å². The van der Waals surface area contributed by atoms with E-state index in [0.717, 1.165) is 25.9 Å². The van der Waals surface area contributed by atoms with Crippen molar-refractivity contribution in [1.29, 1.82) is 0 Å². The van der Waals surface area contributed by atoms with E-state index >= 15 is 0 Å². The van der Waals surface area contributed by atoms with Crippen LogP contribution in [0.25, 0.3) is 10.9 Å². The third-order valence-electron chi connectivity index (χ3n) is 5.75. The predicted octanol–water partition coefficient (Wildman–Crippen LogP) is 2.92. The maximum atomic E-state index is 12.1. The first-order valence-electron chi connectivity index (χ1n) is 9.64. The number of para-hydroxylation sites is 1. The lowest BCUT2D eigenvalue weighted by molar-refractivity contribution is -0.146. The zero-order valence-corrected chi connectivity index (χ0v) is 16.2. The number of nitrogens with one attached hydrogen (secondary N) is 2. The number of carbonyl (C=O) groups excluding carboxylic acids is 1. The van der Waals surface area contributed by atoms with Crippen molar-refractivity contribution in [2.75, 3.05) is 27.3 Å². The van der Waals surface area contributed by atoms with Crippen LogP contribution in [0.4, 0.5) is 0 Å². The molecule has 0 saturated carbocycles. The normalized spacial score (nSPS) is 23.7. The Morgan fingerprint density at radius 2 is 2.18 bits per heavy atom. The minimum absolute atomic E-state index is 0.0321. The molecule has 28 heavy (non-hydrogen) atoms. The molecule has 148 valence electrons. The van der Waals surface area contributed by atoms with E-state index < -0.39 is 0 Å². The van der Waals surface area contributed by atoms with Crippen LogP contribution in [-0.4, -0.2) is 44.6 Å². The number of aromatic amines is 1. The van der Waals surface area contributed by atoms with Crippen molar-refractivity contribution < 1.29 is 19.0 Å². The second-order valence-electron chi connectivity index (χ2n) is 7.24. The standard InChI is InChI=1S/C22H26N2O4/c1-26-21(25)18-13-28-22(27-2)20-15(7-8-17(18)20)11-23-10-9-14-12-24-19-6-4-3-5-16(14)19/h3-7,12-13,17,20,22-24H,8-11H2,1-2H3/t17?,20?,22-/m1/s1. The number of allylic oxidation sites excluding steroid dienone is 1. The highest BCUT2D eigenvalue weighted by Gasteiger charge is 2.44. The zero-order valence-electron chi connectivity index (χ0n) is 16.2. The highest BCUT2D eigenvalue weighted by atomic mass is 16.7. The molecule has 6 nitrogen and oxygen atoms in total. The van der Waals surface area contributed by atoms with Crippen LogP contribution in [0.2, 0.25) is 0 Å². The molecule has 1 aliphatic heterocycles. The lowest BCUT2D eigenvalue weighted by Crippen LogP contribution is -2.38. The van der Waals surface area contributed by atoms with E-state index in [0.29, 0.717) is 5.57 Å². The van der Waals surface area contributed by atoms with Crippen molar-refractivity contribution >= 4 is 16.9 Å². The molecular weight excluding hydrogens is 356 g/mol. The Labute approximate surface area is 164 Å². The minimum Gasteiger partial charge on any atom is -0.471 e. The molecule has 0 fully saturated rings. The number of hydrogen-bond acceptors (Lipinski definition) is 5. The van der Waals surface area contributed by atoms with Gasteiger partial charge in [0, 0.05) is 36.7 Å². The number of rotatable bonds is 7. The first kappa shape index (κ1) is 18.8. The maximum absolute atomic E-state index is 12.1. The molecule has 1 aromatic carbocycles. The highest BCUT2D eigenvalue weighted by molar-refractivity contribution is 5.89. The minimum atomic E-state index is -0.373. The Balaban J connectivity index is 1.36. The van der Waals surface area contributed by atoms with Gasteiger partial charge in [0.05, 0.1) is 24.9 Å².